The second-order valence-electron chi connectivity index (χ2n) is 12.3. The summed E-state index contributed by atoms with van der Waals surface area (Å²) in [7, 11) is 0. The van der Waals surface area contributed by atoms with Gasteiger partial charge in [0.1, 0.15) is 9.75 Å². The topological polar surface area (TPSA) is 93.1 Å². The number of carbonyl (C=O) groups excluding carboxylic acids is 2. The van der Waals surface area contributed by atoms with E-state index in [1.165, 1.54) is 22.7 Å². The van der Waals surface area contributed by atoms with Crippen molar-refractivity contribution in [2.75, 3.05) is 13.2 Å². The van der Waals surface area contributed by atoms with Crippen molar-refractivity contribution < 1.29 is 29.3 Å². The molecule has 5 aliphatic rings. The van der Waals surface area contributed by atoms with E-state index >= 15 is 0 Å². The first-order valence-corrected chi connectivity index (χ1v) is 15.4. The van der Waals surface area contributed by atoms with Gasteiger partial charge in [-0.15, -0.1) is 22.7 Å². The number of ether oxygens (including phenoxy) is 2. The summed E-state index contributed by atoms with van der Waals surface area (Å²) in [6.45, 7) is 6.89. The molecule has 8 atom stereocenters. The van der Waals surface area contributed by atoms with E-state index in [-0.39, 0.29) is 48.3 Å². The lowest BCUT2D eigenvalue weighted by Gasteiger charge is -2.70. The summed E-state index contributed by atoms with van der Waals surface area (Å²) in [6, 6.07) is 7.23. The van der Waals surface area contributed by atoms with Crippen LogP contribution in [0.1, 0.15) is 71.2 Å². The minimum Gasteiger partial charge on any atom is -0.461 e. The van der Waals surface area contributed by atoms with Crippen molar-refractivity contribution in [2.24, 2.45) is 34.0 Å². The van der Waals surface area contributed by atoms with Crippen molar-refractivity contribution in [3.05, 3.63) is 56.9 Å². The van der Waals surface area contributed by atoms with Gasteiger partial charge in [0.25, 0.3) is 0 Å². The Bertz CT molecular complexity index is 1210. The normalized spacial score (nSPS) is 39.8. The molecule has 8 heteroatoms. The summed E-state index contributed by atoms with van der Waals surface area (Å²) >= 11 is 2.73. The third-order valence-corrected chi connectivity index (χ3v) is 12.3. The van der Waals surface area contributed by atoms with Crippen LogP contribution in [0.15, 0.2) is 47.2 Å². The molecular weight excluding hydrogens is 520 g/mol. The number of aliphatic hydroxyl groups is 2. The maximum absolute atomic E-state index is 13.0. The molecule has 1 spiro atoms. The molecule has 0 aromatic carbocycles. The van der Waals surface area contributed by atoms with E-state index in [1.807, 2.05) is 22.9 Å². The van der Waals surface area contributed by atoms with E-state index in [1.54, 1.807) is 12.1 Å². The van der Waals surface area contributed by atoms with E-state index in [0.29, 0.717) is 16.2 Å². The Balaban J connectivity index is 1.35. The van der Waals surface area contributed by atoms with Gasteiger partial charge in [0.15, 0.2) is 0 Å². The molecule has 2 heterocycles. The van der Waals surface area contributed by atoms with Crippen LogP contribution in [0.25, 0.3) is 0 Å². The number of rotatable bonds is 6. The lowest BCUT2D eigenvalue weighted by atomic mass is 9.35. The summed E-state index contributed by atoms with van der Waals surface area (Å²) in [5.74, 6) is -0.473. The van der Waals surface area contributed by atoms with Gasteiger partial charge < -0.3 is 19.7 Å². The lowest BCUT2D eigenvalue weighted by Crippen LogP contribution is -2.71. The van der Waals surface area contributed by atoms with Gasteiger partial charge in [0, 0.05) is 16.2 Å². The Morgan fingerprint density at radius 1 is 0.974 bits per heavy atom. The van der Waals surface area contributed by atoms with Crippen LogP contribution < -0.4 is 0 Å². The number of thiophene rings is 2. The van der Waals surface area contributed by atoms with Crippen molar-refractivity contribution in [3.8, 4) is 0 Å². The van der Waals surface area contributed by atoms with Crippen LogP contribution in [-0.2, 0) is 9.47 Å². The molecule has 5 saturated carbocycles. The van der Waals surface area contributed by atoms with Crippen LogP contribution in [0.4, 0.5) is 0 Å². The van der Waals surface area contributed by atoms with E-state index < -0.39 is 23.0 Å². The second-order valence-corrected chi connectivity index (χ2v) is 14.2. The molecule has 5 aliphatic carbocycles. The van der Waals surface area contributed by atoms with Crippen molar-refractivity contribution in [2.45, 2.75) is 64.1 Å². The minimum absolute atomic E-state index is 0.00763. The third-order valence-electron chi connectivity index (χ3n) is 10.6. The Morgan fingerprint density at radius 2 is 1.63 bits per heavy atom. The highest BCUT2D eigenvalue weighted by atomic mass is 32.1. The van der Waals surface area contributed by atoms with E-state index in [2.05, 4.69) is 13.5 Å². The van der Waals surface area contributed by atoms with Crippen LogP contribution in [0.3, 0.4) is 0 Å². The summed E-state index contributed by atoms with van der Waals surface area (Å²) in [6.07, 6.45) is 4.17. The lowest BCUT2D eigenvalue weighted by molar-refractivity contribution is -0.266. The van der Waals surface area contributed by atoms with Crippen molar-refractivity contribution >= 4 is 34.6 Å². The van der Waals surface area contributed by atoms with Crippen molar-refractivity contribution in [1.82, 2.24) is 0 Å². The van der Waals surface area contributed by atoms with Gasteiger partial charge in [-0.3, -0.25) is 0 Å². The second kappa shape index (κ2) is 9.58. The Labute approximate surface area is 231 Å². The molecule has 38 heavy (non-hydrogen) atoms. The summed E-state index contributed by atoms with van der Waals surface area (Å²) in [5, 5.41) is 27.1. The average Bonchev–Trinajstić information content (AvgIpc) is 3.65. The zero-order chi connectivity index (χ0) is 26.7. The van der Waals surface area contributed by atoms with Gasteiger partial charge in [-0.1, -0.05) is 32.1 Å². The minimum atomic E-state index is -0.759. The molecule has 2 aromatic rings. The van der Waals surface area contributed by atoms with Gasteiger partial charge in [0.2, 0.25) is 0 Å². The molecule has 5 fully saturated rings. The monoisotopic (exact) mass is 556 g/mol. The smallest absolute Gasteiger partial charge is 0.348 e. The average molecular weight is 557 g/mol. The number of hydrogen-bond acceptors (Lipinski definition) is 8. The fourth-order valence-corrected chi connectivity index (χ4v) is 10.1. The maximum Gasteiger partial charge on any atom is 0.348 e. The summed E-state index contributed by atoms with van der Waals surface area (Å²) in [4.78, 5) is 27.0. The van der Waals surface area contributed by atoms with Crippen LogP contribution >= 0.6 is 22.7 Å². The first-order chi connectivity index (χ1) is 18.2. The fourth-order valence-electron chi connectivity index (χ4n) is 8.85. The zero-order valence-electron chi connectivity index (χ0n) is 21.8. The molecule has 2 bridgehead atoms. The van der Waals surface area contributed by atoms with Gasteiger partial charge in [-0.25, -0.2) is 9.59 Å². The largest absolute Gasteiger partial charge is 0.461 e. The number of hydrogen-bond donors (Lipinski definition) is 2. The number of esters is 2. The quantitative estimate of drug-likeness (QED) is 0.350. The van der Waals surface area contributed by atoms with Gasteiger partial charge in [-0.2, -0.15) is 0 Å². The highest BCUT2D eigenvalue weighted by Gasteiger charge is 2.71. The third kappa shape index (κ3) is 3.86. The van der Waals surface area contributed by atoms with Gasteiger partial charge >= 0.3 is 11.9 Å². The first-order valence-electron chi connectivity index (χ1n) is 13.7. The summed E-state index contributed by atoms with van der Waals surface area (Å²) in [5.41, 5.74) is -0.639. The van der Waals surface area contributed by atoms with Crippen LogP contribution in [0.2, 0.25) is 0 Å². The van der Waals surface area contributed by atoms with Gasteiger partial charge in [0.05, 0.1) is 25.4 Å². The van der Waals surface area contributed by atoms with E-state index in [0.717, 1.165) is 44.1 Å². The Kier molecular flexibility index (Phi) is 6.61. The molecule has 2 unspecified atom stereocenters. The van der Waals surface area contributed by atoms with Gasteiger partial charge in [-0.05, 0) is 84.7 Å². The number of carbonyl (C=O) groups is 2. The molecule has 2 N–H and O–H groups in total. The van der Waals surface area contributed by atoms with Crippen molar-refractivity contribution in [1.29, 1.82) is 0 Å². The first kappa shape index (κ1) is 26.2. The van der Waals surface area contributed by atoms with Crippen LogP contribution in [-0.4, -0.2) is 47.6 Å². The molecule has 7 rings (SSSR count). The highest BCUT2D eigenvalue weighted by Crippen LogP contribution is 2.72. The maximum atomic E-state index is 13.0. The standard InChI is InChI=1S/C30H36O6S2/c1-18-19-8-11-30(25(18)32)23(14-19)29(17-36-27(34)21-7-4-13-38-21)10-5-9-28(2,22(29)15-24(30)31)16-35-26(33)20-6-3-12-37-20/h3-4,6-7,12-13,19,22-25,31-32H,1,5,8-11,14-17H2,2H3/t19-,22?,23?,24+,25-,28-,29-,30+/m0/s1. The molecule has 0 radical (unpaired) electrons. The molecule has 0 amide bonds. The molecular formula is C30H36O6S2. The van der Waals surface area contributed by atoms with Crippen LogP contribution in [0, 0.1) is 34.0 Å². The van der Waals surface area contributed by atoms with Crippen LogP contribution in [0.5, 0.6) is 0 Å². The predicted molar refractivity (Wildman–Crippen MR) is 146 cm³/mol. The Morgan fingerprint density at radius 3 is 2.26 bits per heavy atom. The van der Waals surface area contributed by atoms with E-state index in [9.17, 15) is 19.8 Å². The molecule has 6 nitrogen and oxygen atoms in total. The highest BCUT2D eigenvalue weighted by molar-refractivity contribution is 7.12. The predicted octanol–water partition coefficient (Wildman–Crippen LogP) is 5.71. The number of aliphatic hydroxyl groups excluding tert-OH is 2. The number of fused-ring (bicyclic) bond motifs is 3. The zero-order valence-corrected chi connectivity index (χ0v) is 23.4. The van der Waals surface area contributed by atoms with E-state index in [4.69, 9.17) is 9.47 Å². The Hall–Kier alpha value is -2.00. The molecule has 0 saturated heterocycles. The molecule has 204 valence electrons. The SMILES string of the molecule is C=C1[C@H]2CC[C@]3(C(C2)[C@]2(COC(=O)c4cccs4)CCC[C@@](C)(COC(=O)c4cccs4)C2C[C@H]3O)[C@H]1O. The summed E-state index contributed by atoms with van der Waals surface area (Å²) < 4.78 is 12.0. The fraction of sp³-hybridized carbons (Fsp3) is 0.600. The van der Waals surface area contributed by atoms with Crippen molar-refractivity contribution in [3.63, 3.8) is 0 Å². The molecule has 0 aliphatic heterocycles. The molecule has 2 aromatic heterocycles.